The van der Waals surface area contributed by atoms with Crippen molar-refractivity contribution in [2.75, 3.05) is 6.61 Å². The molecule has 0 heterocycles. The quantitative estimate of drug-likeness (QED) is 0.822. The van der Waals surface area contributed by atoms with E-state index in [1.165, 1.54) is 22.3 Å². The first-order chi connectivity index (χ1) is 8.33. The first-order valence-corrected chi connectivity index (χ1v) is 5.87. The number of hydrogen-bond donors (Lipinski definition) is 2. The molecule has 2 nitrogen and oxygen atoms in total. The molecule has 2 aromatic carbocycles. The summed E-state index contributed by atoms with van der Waals surface area (Å²) in [4.78, 5) is 0. The van der Waals surface area contributed by atoms with Crippen molar-refractivity contribution in [2.45, 2.75) is 12.0 Å². The van der Waals surface area contributed by atoms with Gasteiger partial charge in [-0.3, -0.25) is 0 Å². The SMILES string of the molecule is NC(CO)C1c2ccccc2-c2ccccc21. The highest BCUT2D eigenvalue weighted by molar-refractivity contribution is 5.79. The molecule has 86 valence electrons. The van der Waals surface area contributed by atoms with Gasteiger partial charge in [-0.15, -0.1) is 0 Å². The molecule has 17 heavy (non-hydrogen) atoms. The van der Waals surface area contributed by atoms with Crippen molar-refractivity contribution in [1.29, 1.82) is 0 Å². The fraction of sp³-hybridized carbons (Fsp3) is 0.200. The molecule has 0 aliphatic heterocycles. The lowest BCUT2D eigenvalue weighted by Gasteiger charge is -2.19. The minimum atomic E-state index is -0.236. The number of rotatable bonds is 2. The second kappa shape index (κ2) is 3.99. The maximum Gasteiger partial charge on any atom is 0.0591 e. The number of nitrogens with two attached hydrogens (primary N) is 1. The van der Waals surface area contributed by atoms with Gasteiger partial charge in [-0.05, 0) is 22.3 Å². The van der Waals surface area contributed by atoms with E-state index in [4.69, 9.17) is 5.73 Å². The molecule has 0 aromatic heterocycles. The Bertz CT molecular complexity index is 505. The number of hydrogen-bond acceptors (Lipinski definition) is 2. The summed E-state index contributed by atoms with van der Waals surface area (Å²) in [6, 6.07) is 16.4. The molecule has 1 aliphatic rings. The lowest BCUT2D eigenvalue weighted by Crippen LogP contribution is -2.31. The molecule has 0 bridgehead atoms. The minimum Gasteiger partial charge on any atom is -0.395 e. The third kappa shape index (κ3) is 1.49. The third-order valence-electron chi connectivity index (χ3n) is 3.52. The Kier molecular flexibility index (Phi) is 2.46. The van der Waals surface area contributed by atoms with E-state index < -0.39 is 0 Å². The van der Waals surface area contributed by atoms with Crippen LogP contribution in [0.5, 0.6) is 0 Å². The molecule has 0 amide bonds. The molecule has 2 heteroatoms. The van der Waals surface area contributed by atoms with Crippen LogP contribution in [0.3, 0.4) is 0 Å². The Morgan fingerprint density at radius 3 is 1.88 bits per heavy atom. The molecule has 0 saturated heterocycles. The van der Waals surface area contributed by atoms with E-state index >= 15 is 0 Å². The van der Waals surface area contributed by atoms with Crippen molar-refractivity contribution in [1.82, 2.24) is 0 Å². The Labute approximate surface area is 101 Å². The van der Waals surface area contributed by atoms with Gasteiger partial charge >= 0.3 is 0 Å². The van der Waals surface area contributed by atoms with Crippen LogP contribution in [0.1, 0.15) is 17.0 Å². The zero-order valence-electron chi connectivity index (χ0n) is 9.51. The molecule has 1 aliphatic carbocycles. The zero-order chi connectivity index (χ0) is 11.8. The van der Waals surface area contributed by atoms with Crippen molar-refractivity contribution in [2.24, 2.45) is 5.73 Å². The Morgan fingerprint density at radius 1 is 0.941 bits per heavy atom. The van der Waals surface area contributed by atoms with Gasteiger partial charge in [0.05, 0.1) is 6.61 Å². The molecular weight excluding hydrogens is 210 g/mol. The average Bonchev–Trinajstić information content (AvgIpc) is 2.72. The van der Waals surface area contributed by atoms with Crippen molar-refractivity contribution < 1.29 is 5.11 Å². The predicted octanol–water partition coefficient (Wildman–Crippen LogP) is 2.12. The summed E-state index contributed by atoms with van der Waals surface area (Å²) in [5.41, 5.74) is 11.0. The normalized spacial score (nSPS) is 15.4. The number of benzene rings is 2. The third-order valence-corrected chi connectivity index (χ3v) is 3.52. The maximum atomic E-state index is 9.32. The summed E-state index contributed by atoms with van der Waals surface area (Å²) in [7, 11) is 0. The van der Waals surface area contributed by atoms with E-state index in [-0.39, 0.29) is 18.6 Å². The van der Waals surface area contributed by atoms with Crippen molar-refractivity contribution in [3.8, 4) is 11.1 Å². The topological polar surface area (TPSA) is 46.2 Å². The van der Waals surface area contributed by atoms with Crippen LogP contribution in [-0.4, -0.2) is 17.8 Å². The van der Waals surface area contributed by atoms with Gasteiger partial charge in [0.15, 0.2) is 0 Å². The molecule has 3 rings (SSSR count). The Balaban J connectivity index is 2.23. The van der Waals surface area contributed by atoms with E-state index in [1.807, 2.05) is 24.3 Å². The number of aliphatic hydroxyl groups is 1. The first kappa shape index (κ1) is 10.5. The van der Waals surface area contributed by atoms with Crippen molar-refractivity contribution in [3.63, 3.8) is 0 Å². The van der Waals surface area contributed by atoms with E-state index in [2.05, 4.69) is 24.3 Å². The van der Waals surface area contributed by atoms with E-state index in [1.54, 1.807) is 0 Å². The summed E-state index contributed by atoms with van der Waals surface area (Å²) in [6.07, 6.45) is 0. The van der Waals surface area contributed by atoms with Crippen molar-refractivity contribution in [3.05, 3.63) is 59.7 Å². The zero-order valence-corrected chi connectivity index (χ0v) is 9.51. The smallest absolute Gasteiger partial charge is 0.0591 e. The Morgan fingerprint density at radius 2 is 1.41 bits per heavy atom. The first-order valence-electron chi connectivity index (χ1n) is 5.87. The number of fused-ring (bicyclic) bond motifs is 3. The lowest BCUT2D eigenvalue weighted by molar-refractivity contribution is 0.257. The highest BCUT2D eigenvalue weighted by atomic mass is 16.3. The van der Waals surface area contributed by atoms with Gasteiger partial charge in [-0.25, -0.2) is 0 Å². The van der Waals surface area contributed by atoms with E-state index in [9.17, 15) is 5.11 Å². The second-order valence-corrected chi connectivity index (χ2v) is 4.50. The molecule has 1 unspecified atom stereocenters. The van der Waals surface area contributed by atoms with Gasteiger partial charge in [0.1, 0.15) is 0 Å². The highest BCUT2D eigenvalue weighted by Crippen LogP contribution is 2.45. The fourth-order valence-corrected chi connectivity index (χ4v) is 2.76. The van der Waals surface area contributed by atoms with Gasteiger partial charge < -0.3 is 10.8 Å². The maximum absolute atomic E-state index is 9.32. The molecule has 2 aromatic rings. The fourth-order valence-electron chi connectivity index (χ4n) is 2.76. The van der Waals surface area contributed by atoms with Gasteiger partial charge in [0.2, 0.25) is 0 Å². The van der Waals surface area contributed by atoms with E-state index in [0.29, 0.717) is 0 Å². The van der Waals surface area contributed by atoms with Gasteiger partial charge in [-0.2, -0.15) is 0 Å². The predicted molar refractivity (Wildman–Crippen MR) is 68.8 cm³/mol. The summed E-state index contributed by atoms with van der Waals surface area (Å²) < 4.78 is 0. The van der Waals surface area contributed by atoms with E-state index in [0.717, 1.165) is 0 Å². The summed E-state index contributed by atoms with van der Waals surface area (Å²) in [6.45, 7) is 0.00728. The summed E-state index contributed by atoms with van der Waals surface area (Å²) in [5, 5.41) is 9.32. The Hall–Kier alpha value is -1.64. The summed E-state index contributed by atoms with van der Waals surface area (Å²) >= 11 is 0. The van der Waals surface area contributed by atoms with Crippen molar-refractivity contribution >= 4 is 0 Å². The standard InChI is InChI=1S/C15H15NO/c16-14(9-17)15-12-7-3-1-5-10(12)11-6-2-4-8-13(11)15/h1-8,14-15,17H,9,16H2. The molecule has 0 spiro atoms. The van der Waals surface area contributed by atoms with Crippen LogP contribution < -0.4 is 5.73 Å². The average molecular weight is 225 g/mol. The monoisotopic (exact) mass is 225 g/mol. The van der Waals surface area contributed by atoms with Crippen LogP contribution in [0.15, 0.2) is 48.5 Å². The largest absolute Gasteiger partial charge is 0.395 e. The van der Waals surface area contributed by atoms with Gasteiger partial charge in [0.25, 0.3) is 0 Å². The van der Waals surface area contributed by atoms with Crippen LogP contribution in [0.4, 0.5) is 0 Å². The van der Waals surface area contributed by atoms with Crippen LogP contribution in [0, 0.1) is 0 Å². The molecule has 0 fully saturated rings. The molecular formula is C15H15NO. The molecule has 1 atom stereocenters. The molecule has 3 N–H and O–H groups in total. The second-order valence-electron chi connectivity index (χ2n) is 4.50. The lowest BCUT2D eigenvalue weighted by atomic mass is 9.90. The van der Waals surface area contributed by atoms with Crippen LogP contribution in [0.2, 0.25) is 0 Å². The molecule has 0 radical (unpaired) electrons. The van der Waals surface area contributed by atoms with Crippen LogP contribution in [0.25, 0.3) is 11.1 Å². The minimum absolute atomic E-state index is 0.00728. The van der Waals surface area contributed by atoms with Crippen LogP contribution >= 0.6 is 0 Å². The summed E-state index contributed by atoms with van der Waals surface area (Å²) in [5.74, 6) is 0.118. The van der Waals surface area contributed by atoms with Gasteiger partial charge in [-0.1, -0.05) is 48.5 Å². The van der Waals surface area contributed by atoms with Crippen LogP contribution in [-0.2, 0) is 0 Å². The highest BCUT2D eigenvalue weighted by Gasteiger charge is 2.31. The molecule has 0 saturated carbocycles. The van der Waals surface area contributed by atoms with Gasteiger partial charge in [0, 0.05) is 12.0 Å². The number of aliphatic hydroxyl groups excluding tert-OH is 1.